The summed E-state index contributed by atoms with van der Waals surface area (Å²) in [6.45, 7) is 8.07. The molecule has 0 bridgehead atoms. The third-order valence-corrected chi connectivity index (χ3v) is 3.49. The van der Waals surface area contributed by atoms with Gasteiger partial charge < -0.3 is 5.73 Å². The Labute approximate surface area is 120 Å². The highest BCUT2D eigenvalue weighted by Crippen LogP contribution is 2.25. The van der Waals surface area contributed by atoms with Crippen LogP contribution >= 0.6 is 11.8 Å². The quantitative estimate of drug-likeness (QED) is 0.509. The van der Waals surface area contributed by atoms with Gasteiger partial charge in [-0.05, 0) is 23.1 Å². The van der Waals surface area contributed by atoms with Crippen molar-refractivity contribution in [1.82, 2.24) is 0 Å². The maximum atomic E-state index is 10.8. The van der Waals surface area contributed by atoms with Crippen LogP contribution in [0.4, 0.5) is 5.69 Å². The summed E-state index contributed by atoms with van der Waals surface area (Å²) in [6.07, 6.45) is 0.698. The molecule has 2 N–H and O–H groups in total. The standard InChI is InChI=1S/C16H21NOS/c1-12(18)19-10-6-5-7-13-11-14(16(2,3)4)8-9-15(13)17/h8-9,11H,6,10,17H2,1-4H3. The molecule has 1 aromatic rings. The van der Waals surface area contributed by atoms with Crippen LogP contribution in [0.2, 0.25) is 0 Å². The molecule has 3 heteroatoms. The molecule has 0 saturated heterocycles. The van der Waals surface area contributed by atoms with Gasteiger partial charge in [-0.15, -0.1) is 0 Å². The van der Waals surface area contributed by atoms with E-state index >= 15 is 0 Å². The Kier molecular flexibility index (Phi) is 5.50. The first-order chi connectivity index (χ1) is 8.80. The molecule has 0 spiro atoms. The first-order valence-corrected chi connectivity index (χ1v) is 7.31. The molecule has 0 aliphatic rings. The molecule has 0 amide bonds. The summed E-state index contributed by atoms with van der Waals surface area (Å²) in [6, 6.07) is 6.02. The van der Waals surface area contributed by atoms with Gasteiger partial charge in [0.1, 0.15) is 0 Å². The number of rotatable bonds is 2. The topological polar surface area (TPSA) is 43.1 Å². The number of thioether (sulfide) groups is 1. The molecule has 0 heterocycles. The maximum absolute atomic E-state index is 10.8. The van der Waals surface area contributed by atoms with E-state index in [2.05, 4.69) is 38.7 Å². The number of nitrogen functional groups attached to an aromatic ring is 1. The van der Waals surface area contributed by atoms with E-state index in [1.54, 1.807) is 6.92 Å². The number of carbonyl (C=O) groups excluding carboxylic acids is 1. The lowest BCUT2D eigenvalue weighted by molar-refractivity contribution is -0.109. The largest absolute Gasteiger partial charge is 0.398 e. The molecular formula is C16H21NOS. The van der Waals surface area contributed by atoms with E-state index in [1.165, 1.54) is 17.3 Å². The Bertz CT molecular complexity index is 518. The smallest absolute Gasteiger partial charge is 0.185 e. The molecule has 0 aliphatic carbocycles. The number of benzene rings is 1. The van der Waals surface area contributed by atoms with Crippen molar-refractivity contribution in [2.75, 3.05) is 11.5 Å². The minimum absolute atomic E-state index is 0.0919. The Hall–Kier alpha value is -1.40. The second-order valence-corrected chi connectivity index (χ2v) is 6.72. The predicted octanol–water partition coefficient (Wildman–Crippen LogP) is 3.59. The van der Waals surface area contributed by atoms with Gasteiger partial charge in [0, 0.05) is 30.3 Å². The van der Waals surface area contributed by atoms with Gasteiger partial charge in [-0.3, -0.25) is 4.79 Å². The van der Waals surface area contributed by atoms with E-state index < -0.39 is 0 Å². The van der Waals surface area contributed by atoms with Crippen molar-refractivity contribution in [1.29, 1.82) is 0 Å². The fourth-order valence-electron chi connectivity index (χ4n) is 1.53. The molecule has 0 radical (unpaired) electrons. The first-order valence-electron chi connectivity index (χ1n) is 6.33. The third-order valence-electron chi connectivity index (χ3n) is 2.67. The summed E-state index contributed by atoms with van der Waals surface area (Å²) in [4.78, 5) is 10.8. The van der Waals surface area contributed by atoms with Gasteiger partial charge in [-0.1, -0.05) is 50.4 Å². The number of nitrogens with two attached hydrogens (primary N) is 1. The number of anilines is 1. The van der Waals surface area contributed by atoms with Gasteiger partial charge in [-0.25, -0.2) is 0 Å². The van der Waals surface area contributed by atoms with E-state index in [1.807, 2.05) is 12.1 Å². The molecule has 0 atom stereocenters. The van der Waals surface area contributed by atoms with Gasteiger partial charge in [-0.2, -0.15) is 0 Å². The van der Waals surface area contributed by atoms with Crippen molar-refractivity contribution >= 4 is 22.6 Å². The maximum Gasteiger partial charge on any atom is 0.185 e. The van der Waals surface area contributed by atoms with Crippen molar-refractivity contribution in [3.63, 3.8) is 0 Å². The van der Waals surface area contributed by atoms with Crippen LogP contribution in [0, 0.1) is 11.8 Å². The highest BCUT2D eigenvalue weighted by Gasteiger charge is 2.14. The lowest BCUT2D eigenvalue weighted by atomic mass is 9.86. The highest BCUT2D eigenvalue weighted by molar-refractivity contribution is 8.13. The van der Waals surface area contributed by atoms with Gasteiger partial charge in [0.15, 0.2) is 5.12 Å². The average Bonchev–Trinajstić information content (AvgIpc) is 2.29. The Morgan fingerprint density at radius 1 is 1.37 bits per heavy atom. The van der Waals surface area contributed by atoms with Crippen LogP contribution in [-0.2, 0) is 10.2 Å². The fraction of sp³-hybridized carbons (Fsp3) is 0.438. The van der Waals surface area contributed by atoms with Crippen LogP contribution in [0.25, 0.3) is 0 Å². The van der Waals surface area contributed by atoms with Crippen molar-refractivity contribution in [2.45, 2.75) is 39.5 Å². The Balaban J connectivity index is 2.78. The van der Waals surface area contributed by atoms with E-state index in [-0.39, 0.29) is 10.5 Å². The normalized spacial score (nSPS) is 10.7. The summed E-state index contributed by atoms with van der Waals surface area (Å²) in [5.74, 6) is 6.91. The number of hydrogen-bond acceptors (Lipinski definition) is 3. The van der Waals surface area contributed by atoms with Crippen LogP contribution in [0.3, 0.4) is 0 Å². The lowest BCUT2D eigenvalue weighted by Gasteiger charge is -2.19. The monoisotopic (exact) mass is 275 g/mol. The summed E-state index contributed by atoms with van der Waals surface area (Å²) >= 11 is 1.31. The number of carbonyl (C=O) groups is 1. The SMILES string of the molecule is CC(=O)SCCC#Cc1cc(C(C)(C)C)ccc1N. The molecule has 0 aromatic heterocycles. The second kappa shape index (κ2) is 6.68. The molecular weight excluding hydrogens is 254 g/mol. The van der Waals surface area contributed by atoms with Gasteiger partial charge in [0.25, 0.3) is 0 Å². The highest BCUT2D eigenvalue weighted by atomic mass is 32.2. The lowest BCUT2D eigenvalue weighted by Crippen LogP contribution is -2.11. The molecule has 1 aromatic carbocycles. The van der Waals surface area contributed by atoms with Crippen LogP contribution in [0.1, 0.15) is 45.2 Å². The Morgan fingerprint density at radius 2 is 2.05 bits per heavy atom. The van der Waals surface area contributed by atoms with E-state index in [4.69, 9.17) is 5.73 Å². The molecule has 19 heavy (non-hydrogen) atoms. The summed E-state index contributed by atoms with van der Waals surface area (Å²) in [5, 5.41) is 0.135. The van der Waals surface area contributed by atoms with E-state index in [0.717, 1.165) is 11.3 Å². The zero-order chi connectivity index (χ0) is 14.5. The van der Waals surface area contributed by atoms with Crippen LogP contribution in [0.15, 0.2) is 18.2 Å². The zero-order valence-corrected chi connectivity index (χ0v) is 12.9. The zero-order valence-electron chi connectivity index (χ0n) is 12.0. The molecule has 1 rings (SSSR count). The second-order valence-electron chi connectivity index (χ2n) is 5.44. The predicted molar refractivity (Wildman–Crippen MR) is 84.2 cm³/mol. The molecule has 2 nitrogen and oxygen atoms in total. The Morgan fingerprint density at radius 3 is 2.63 bits per heavy atom. The van der Waals surface area contributed by atoms with Crippen LogP contribution in [0.5, 0.6) is 0 Å². The summed E-state index contributed by atoms with van der Waals surface area (Å²) in [7, 11) is 0. The number of hydrogen-bond donors (Lipinski definition) is 1. The van der Waals surface area contributed by atoms with Crippen molar-refractivity contribution in [3.8, 4) is 11.8 Å². The van der Waals surface area contributed by atoms with Gasteiger partial charge in [0.05, 0.1) is 0 Å². The van der Waals surface area contributed by atoms with E-state index in [9.17, 15) is 4.79 Å². The molecule has 0 saturated carbocycles. The molecule has 0 fully saturated rings. The third kappa shape index (κ3) is 5.40. The van der Waals surface area contributed by atoms with Crippen LogP contribution in [-0.4, -0.2) is 10.9 Å². The average molecular weight is 275 g/mol. The molecule has 0 unspecified atom stereocenters. The minimum atomic E-state index is 0.0919. The van der Waals surface area contributed by atoms with Crippen molar-refractivity contribution in [3.05, 3.63) is 29.3 Å². The van der Waals surface area contributed by atoms with Crippen LogP contribution < -0.4 is 5.73 Å². The van der Waals surface area contributed by atoms with Crippen molar-refractivity contribution < 1.29 is 4.79 Å². The van der Waals surface area contributed by atoms with Crippen molar-refractivity contribution in [2.24, 2.45) is 0 Å². The van der Waals surface area contributed by atoms with Gasteiger partial charge in [0.2, 0.25) is 0 Å². The minimum Gasteiger partial charge on any atom is -0.398 e. The van der Waals surface area contributed by atoms with E-state index in [0.29, 0.717) is 12.1 Å². The van der Waals surface area contributed by atoms with Gasteiger partial charge >= 0.3 is 0 Å². The fourth-order valence-corrected chi connectivity index (χ4v) is 2.03. The summed E-state index contributed by atoms with van der Waals surface area (Å²) < 4.78 is 0. The molecule has 102 valence electrons. The molecule has 0 aliphatic heterocycles. The first kappa shape index (κ1) is 15.7. The summed E-state index contributed by atoms with van der Waals surface area (Å²) in [5.41, 5.74) is 8.84.